The van der Waals surface area contributed by atoms with Gasteiger partial charge in [-0.05, 0) is 53.2 Å². The maximum Gasteiger partial charge on any atom is 0.416 e. The van der Waals surface area contributed by atoms with Crippen LogP contribution in [0.3, 0.4) is 0 Å². The number of hydrogen-bond acceptors (Lipinski definition) is 5. The number of rotatable bonds is 5. The molecule has 1 aliphatic rings. The van der Waals surface area contributed by atoms with E-state index in [1.807, 2.05) is 0 Å². The fraction of sp³-hybridized carbons (Fsp3) is 0.227. The summed E-state index contributed by atoms with van der Waals surface area (Å²) in [7, 11) is 0. The first-order valence-electron chi connectivity index (χ1n) is 10.1. The third-order valence-corrected chi connectivity index (χ3v) is 6.48. The molecule has 0 spiro atoms. The lowest BCUT2D eigenvalue weighted by atomic mass is 10.1. The Morgan fingerprint density at radius 2 is 1.81 bits per heavy atom. The summed E-state index contributed by atoms with van der Waals surface area (Å²) in [6.45, 7) is -1.19. The lowest BCUT2D eigenvalue weighted by Crippen LogP contribution is -2.48. The number of carbonyl (C=O) groups excluding carboxylic acids is 2. The van der Waals surface area contributed by atoms with Gasteiger partial charge in [0.2, 0.25) is 0 Å². The van der Waals surface area contributed by atoms with Crippen molar-refractivity contribution < 1.29 is 35.9 Å². The predicted octanol–water partition coefficient (Wildman–Crippen LogP) is 5.68. The van der Waals surface area contributed by atoms with Gasteiger partial charge in [-0.1, -0.05) is 23.7 Å². The first-order chi connectivity index (χ1) is 16.7. The number of aromatic nitrogens is 2. The average Bonchev–Trinajstić information content (AvgIpc) is 3.29. The molecule has 14 heteroatoms. The van der Waals surface area contributed by atoms with Crippen LogP contribution in [0.4, 0.5) is 31.1 Å². The topological polar surface area (TPSA) is 81.2 Å². The normalized spacial score (nSPS) is 17.0. The first-order valence-corrected chi connectivity index (χ1v) is 11.3. The summed E-state index contributed by atoms with van der Waals surface area (Å²) in [6.07, 6.45) is -6.62. The minimum Gasteiger partial charge on any atom is -0.319 e. The zero-order valence-electron chi connectivity index (χ0n) is 17.9. The number of imide groups is 1. The number of thioether (sulfide) groups is 1. The molecule has 190 valence electrons. The highest BCUT2D eigenvalue weighted by Gasteiger charge is 2.43. The van der Waals surface area contributed by atoms with Gasteiger partial charge in [-0.25, -0.2) is 0 Å². The van der Waals surface area contributed by atoms with Crippen molar-refractivity contribution in [3.8, 4) is 0 Å². The van der Waals surface area contributed by atoms with Crippen molar-refractivity contribution in [1.29, 1.82) is 0 Å². The summed E-state index contributed by atoms with van der Waals surface area (Å²) in [6, 6.07) is 5.80. The number of hydrogen-bond donors (Lipinski definition) is 1. The summed E-state index contributed by atoms with van der Waals surface area (Å²) in [5.74, 6) is -0.900. The molecule has 1 aromatic heterocycles. The second-order valence-electron chi connectivity index (χ2n) is 7.86. The maximum atomic E-state index is 13.4. The smallest absolute Gasteiger partial charge is 0.319 e. The number of fused-ring (bicyclic) bond motifs is 1. The lowest BCUT2D eigenvalue weighted by molar-refractivity contribution is -0.151. The van der Waals surface area contributed by atoms with Crippen molar-refractivity contribution >= 4 is 51.5 Å². The van der Waals surface area contributed by atoms with E-state index < -0.39 is 41.6 Å². The van der Waals surface area contributed by atoms with Gasteiger partial charge in [-0.2, -0.15) is 31.4 Å². The number of halogens is 7. The molecule has 0 aliphatic carbocycles. The van der Waals surface area contributed by atoms with E-state index in [-0.39, 0.29) is 22.0 Å². The highest BCUT2D eigenvalue weighted by Crippen LogP contribution is 2.35. The molecular weight excluding hydrogens is 534 g/mol. The fourth-order valence-corrected chi connectivity index (χ4v) is 4.56. The van der Waals surface area contributed by atoms with Crippen LogP contribution in [0, 0.1) is 0 Å². The van der Waals surface area contributed by atoms with E-state index in [2.05, 4.69) is 5.10 Å². The van der Waals surface area contributed by atoms with Crippen molar-refractivity contribution in [2.75, 3.05) is 6.54 Å². The van der Waals surface area contributed by atoms with Crippen molar-refractivity contribution in [1.82, 2.24) is 14.7 Å². The molecule has 2 N–H and O–H groups in total. The minimum atomic E-state index is -4.77. The summed E-state index contributed by atoms with van der Waals surface area (Å²) < 4.78 is 79.8. The van der Waals surface area contributed by atoms with E-state index in [0.717, 1.165) is 6.07 Å². The molecule has 2 aromatic carbocycles. The molecule has 0 bridgehead atoms. The number of carbonyl (C=O) groups is 2. The fourth-order valence-electron chi connectivity index (χ4n) is 3.54. The average molecular weight is 549 g/mol. The van der Waals surface area contributed by atoms with Crippen molar-refractivity contribution in [3.63, 3.8) is 0 Å². The number of amides is 2. The quantitative estimate of drug-likeness (QED) is 0.328. The van der Waals surface area contributed by atoms with Gasteiger partial charge in [-0.15, -0.1) is 0 Å². The molecule has 6 nitrogen and oxygen atoms in total. The molecule has 2 heterocycles. The number of nitrogens with two attached hydrogens (primary N) is 1. The monoisotopic (exact) mass is 548 g/mol. The van der Waals surface area contributed by atoms with Crippen molar-refractivity contribution in [3.05, 3.63) is 69.2 Å². The summed E-state index contributed by atoms with van der Waals surface area (Å²) >= 11 is 6.21. The Kier molecular flexibility index (Phi) is 6.84. The summed E-state index contributed by atoms with van der Waals surface area (Å²) in [5, 5.41) is 3.75. The molecule has 1 aliphatic heterocycles. The molecule has 2 amide bonds. The second-order valence-corrected chi connectivity index (χ2v) is 9.29. The van der Waals surface area contributed by atoms with Gasteiger partial charge in [0, 0.05) is 10.4 Å². The van der Waals surface area contributed by atoms with Gasteiger partial charge in [0.15, 0.2) is 0 Å². The van der Waals surface area contributed by atoms with Crippen LogP contribution >= 0.6 is 23.4 Å². The standard InChI is InChI=1S/C22H15ClF6N4O2S/c23-14-3-2-12(15(7-14)21(24,25)26)9-33-16-4-1-11(5-13(16)8-31-33)6-17-19(34)32(20(35)36-17)10-18(30)22(27,28)29/h1-8,18H,9-10,30H2. The minimum absolute atomic E-state index is 0.0354. The predicted molar refractivity (Wildman–Crippen MR) is 122 cm³/mol. The highest BCUT2D eigenvalue weighted by atomic mass is 35.5. The summed E-state index contributed by atoms with van der Waals surface area (Å²) in [5.41, 5.74) is 5.06. The van der Waals surface area contributed by atoms with Crippen LogP contribution in [-0.2, 0) is 17.5 Å². The van der Waals surface area contributed by atoms with Crippen LogP contribution in [0.1, 0.15) is 16.7 Å². The van der Waals surface area contributed by atoms with E-state index in [9.17, 15) is 35.9 Å². The van der Waals surface area contributed by atoms with Crippen LogP contribution in [0.25, 0.3) is 17.0 Å². The van der Waals surface area contributed by atoms with E-state index in [1.54, 1.807) is 18.2 Å². The molecule has 1 atom stereocenters. The van der Waals surface area contributed by atoms with Gasteiger partial charge in [0.05, 0.1) is 35.3 Å². The lowest BCUT2D eigenvalue weighted by Gasteiger charge is -2.20. The van der Waals surface area contributed by atoms with E-state index >= 15 is 0 Å². The van der Waals surface area contributed by atoms with Gasteiger partial charge in [-0.3, -0.25) is 19.2 Å². The maximum absolute atomic E-state index is 13.4. The molecular formula is C22H15ClF6N4O2S. The van der Waals surface area contributed by atoms with Gasteiger partial charge in [0.1, 0.15) is 6.04 Å². The molecule has 1 fully saturated rings. The molecule has 1 saturated heterocycles. The molecule has 3 aromatic rings. The van der Waals surface area contributed by atoms with Gasteiger partial charge in [0.25, 0.3) is 11.1 Å². The first kappa shape index (κ1) is 26.0. The Balaban J connectivity index is 1.58. The molecule has 4 rings (SSSR count). The van der Waals surface area contributed by atoms with Crippen LogP contribution in [0.2, 0.25) is 5.02 Å². The van der Waals surface area contributed by atoms with Crippen LogP contribution in [0.5, 0.6) is 0 Å². The Labute approximate surface area is 208 Å². The van der Waals surface area contributed by atoms with E-state index in [0.29, 0.717) is 33.1 Å². The van der Waals surface area contributed by atoms with Gasteiger partial charge >= 0.3 is 12.4 Å². The number of alkyl halides is 6. The Hall–Kier alpha value is -3.03. The number of nitrogens with zero attached hydrogens (tertiary/aromatic N) is 3. The van der Waals surface area contributed by atoms with Crippen LogP contribution in [-0.4, -0.2) is 44.6 Å². The van der Waals surface area contributed by atoms with Crippen LogP contribution < -0.4 is 5.73 Å². The number of benzene rings is 2. The Morgan fingerprint density at radius 1 is 1.08 bits per heavy atom. The zero-order chi connectivity index (χ0) is 26.4. The highest BCUT2D eigenvalue weighted by molar-refractivity contribution is 8.18. The summed E-state index contributed by atoms with van der Waals surface area (Å²) in [4.78, 5) is 24.9. The Bertz CT molecular complexity index is 1390. The van der Waals surface area contributed by atoms with Crippen LogP contribution in [0.15, 0.2) is 47.5 Å². The second kappa shape index (κ2) is 9.45. The third-order valence-electron chi connectivity index (χ3n) is 5.33. The molecule has 0 radical (unpaired) electrons. The SMILES string of the molecule is NC(CN1C(=O)SC(=Cc2ccc3c(cnn3Cc3ccc(Cl)cc3C(F)(F)F)c2)C1=O)C(F)(F)F. The van der Waals surface area contributed by atoms with Crippen molar-refractivity contribution in [2.24, 2.45) is 5.73 Å². The van der Waals surface area contributed by atoms with E-state index in [4.69, 9.17) is 17.3 Å². The van der Waals surface area contributed by atoms with Gasteiger partial charge < -0.3 is 5.73 Å². The van der Waals surface area contributed by atoms with Crippen molar-refractivity contribution in [2.45, 2.75) is 24.9 Å². The van der Waals surface area contributed by atoms with E-state index in [1.165, 1.54) is 29.1 Å². The molecule has 1 unspecified atom stereocenters. The molecule has 0 saturated carbocycles. The Morgan fingerprint density at radius 3 is 2.47 bits per heavy atom. The third kappa shape index (κ3) is 5.37. The largest absolute Gasteiger partial charge is 0.416 e. The zero-order valence-corrected chi connectivity index (χ0v) is 19.5. The molecule has 36 heavy (non-hydrogen) atoms.